The second-order valence-electron chi connectivity index (χ2n) is 6.36. The van der Waals surface area contributed by atoms with E-state index in [1.807, 2.05) is 6.08 Å². The summed E-state index contributed by atoms with van der Waals surface area (Å²) in [5.41, 5.74) is 2.85. The van der Waals surface area contributed by atoms with E-state index in [1.165, 1.54) is 24.0 Å². The number of hydrogen-bond donors (Lipinski definition) is 0. The van der Waals surface area contributed by atoms with Crippen LogP contribution in [-0.4, -0.2) is 5.78 Å². The van der Waals surface area contributed by atoms with Crippen molar-refractivity contribution >= 4 is 5.78 Å². The number of hydrogen-bond acceptors (Lipinski definition) is 1. The van der Waals surface area contributed by atoms with Gasteiger partial charge in [-0.15, -0.1) is 0 Å². The highest BCUT2D eigenvalue weighted by Gasteiger charge is 2.35. The van der Waals surface area contributed by atoms with Gasteiger partial charge in [0.15, 0.2) is 5.78 Å². The average Bonchev–Trinajstić information content (AvgIpc) is 3.27. The number of ketones is 1. The number of carbonyl (C=O) groups excluding carboxylic acids is 1. The van der Waals surface area contributed by atoms with Gasteiger partial charge in [0.25, 0.3) is 0 Å². The lowest BCUT2D eigenvalue weighted by Crippen LogP contribution is -2.02. The quantitative estimate of drug-likeness (QED) is 0.517. The minimum Gasteiger partial charge on any atom is -0.295 e. The van der Waals surface area contributed by atoms with Crippen LogP contribution in [-0.2, 0) is 4.79 Å². The Morgan fingerprint density at radius 1 is 1.14 bits per heavy atom. The first kappa shape index (κ1) is 14.3. The van der Waals surface area contributed by atoms with E-state index >= 15 is 0 Å². The Kier molecular flexibility index (Phi) is 4.69. The van der Waals surface area contributed by atoms with Crippen molar-refractivity contribution in [1.29, 1.82) is 0 Å². The summed E-state index contributed by atoms with van der Waals surface area (Å²) in [5.74, 6) is 1.83. The highest BCUT2D eigenvalue weighted by Crippen LogP contribution is 2.48. The fourth-order valence-electron chi connectivity index (χ4n) is 3.29. The number of allylic oxidation sites excluding steroid dienone is 4. The molecule has 2 aliphatic rings. The third kappa shape index (κ3) is 4.17. The number of unbranched alkanes of at least 4 members (excludes halogenated alkanes) is 1. The molecule has 0 spiro atoms. The first-order chi connectivity index (χ1) is 10.3. The monoisotopic (exact) mass is 280 g/mol. The van der Waals surface area contributed by atoms with E-state index < -0.39 is 0 Å². The Hall–Kier alpha value is -1.63. The van der Waals surface area contributed by atoms with Gasteiger partial charge in [0, 0.05) is 6.42 Å². The highest BCUT2D eigenvalue weighted by atomic mass is 16.1. The molecule has 0 saturated heterocycles. The molecule has 0 bridgehead atoms. The molecule has 0 N–H and O–H groups in total. The molecule has 0 unspecified atom stereocenters. The zero-order valence-electron chi connectivity index (χ0n) is 12.6. The number of rotatable bonds is 6. The molecule has 2 aliphatic carbocycles. The van der Waals surface area contributed by atoms with Crippen LogP contribution in [0.4, 0.5) is 0 Å². The molecule has 1 saturated carbocycles. The van der Waals surface area contributed by atoms with Crippen LogP contribution in [0.1, 0.15) is 56.4 Å². The topological polar surface area (TPSA) is 17.1 Å². The van der Waals surface area contributed by atoms with E-state index in [0.717, 1.165) is 43.9 Å². The lowest BCUT2D eigenvalue weighted by molar-refractivity contribution is -0.115. The van der Waals surface area contributed by atoms with E-state index in [2.05, 4.69) is 42.5 Å². The van der Waals surface area contributed by atoms with Crippen molar-refractivity contribution in [2.24, 2.45) is 5.92 Å². The lowest BCUT2D eigenvalue weighted by atomic mass is 9.95. The van der Waals surface area contributed by atoms with Crippen molar-refractivity contribution in [2.45, 2.75) is 50.9 Å². The smallest absolute Gasteiger partial charge is 0.155 e. The molecule has 3 rings (SSSR count). The highest BCUT2D eigenvalue weighted by molar-refractivity contribution is 5.91. The van der Waals surface area contributed by atoms with Gasteiger partial charge in [-0.3, -0.25) is 4.79 Å². The van der Waals surface area contributed by atoms with Crippen molar-refractivity contribution < 1.29 is 4.79 Å². The van der Waals surface area contributed by atoms with Crippen molar-refractivity contribution in [3.8, 4) is 0 Å². The number of benzene rings is 1. The van der Waals surface area contributed by atoms with Crippen LogP contribution >= 0.6 is 0 Å². The van der Waals surface area contributed by atoms with Crippen molar-refractivity contribution in [2.75, 3.05) is 0 Å². The van der Waals surface area contributed by atoms with Gasteiger partial charge >= 0.3 is 0 Å². The fraction of sp³-hybridized carbons (Fsp3) is 0.450. The third-order valence-corrected chi connectivity index (χ3v) is 4.61. The summed E-state index contributed by atoms with van der Waals surface area (Å²) in [6.07, 6.45) is 14.3. The molecule has 1 nitrogen and oxygen atoms in total. The van der Waals surface area contributed by atoms with Crippen molar-refractivity contribution in [3.63, 3.8) is 0 Å². The molecule has 110 valence electrons. The Bertz CT molecular complexity index is 538. The average molecular weight is 280 g/mol. The van der Waals surface area contributed by atoms with Crippen LogP contribution in [0.3, 0.4) is 0 Å². The van der Waals surface area contributed by atoms with E-state index in [-0.39, 0.29) is 0 Å². The summed E-state index contributed by atoms with van der Waals surface area (Å²) >= 11 is 0. The molecular formula is C20H24O. The predicted molar refractivity (Wildman–Crippen MR) is 87.2 cm³/mol. The summed E-state index contributed by atoms with van der Waals surface area (Å²) in [4.78, 5) is 11.3. The van der Waals surface area contributed by atoms with Crippen LogP contribution in [0, 0.1) is 5.92 Å². The van der Waals surface area contributed by atoms with Crippen LogP contribution in [0.5, 0.6) is 0 Å². The lowest BCUT2D eigenvalue weighted by Gasteiger charge is -2.10. The van der Waals surface area contributed by atoms with E-state index in [1.54, 1.807) is 0 Å². The summed E-state index contributed by atoms with van der Waals surface area (Å²) in [6, 6.07) is 10.8. The molecular weight excluding hydrogens is 256 g/mol. The van der Waals surface area contributed by atoms with Crippen LogP contribution in [0.25, 0.3) is 0 Å². The van der Waals surface area contributed by atoms with Gasteiger partial charge in [0.05, 0.1) is 0 Å². The molecule has 0 radical (unpaired) electrons. The van der Waals surface area contributed by atoms with Crippen LogP contribution in [0.2, 0.25) is 0 Å². The maximum atomic E-state index is 11.3. The van der Waals surface area contributed by atoms with E-state index in [0.29, 0.717) is 5.78 Å². The maximum absolute atomic E-state index is 11.3. The van der Waals surface area contributed by atoms with E-state index in [9.17, 15) is 4.79 Å². The second kappa shape index (κ2) is 6.89. The molecule has 0 aliphatic heterocycles. The summed E-state index contributed by atoms with van der Waals surface area (Å²) in [7, 11) is 0. The predicted octanol–water partition coefficient (Wildman–Crippen LogP) is 5.20. The number of carbonyl (C=O) groups is 1. The van der Waals surface area contributed by atoms with Gasteiger partial charge in [-0.2, -0.15) is 0 Å². The second-order valence-corrected chi connectivity index (χ2v) is 6.36. The molecule has 0 aromatic heterocycles. The molecule has 2 atom stereocenters. The van der Waals surface area contributed by atoms with Gasteiger partial charge in [0.2, 0.25) is 0 Å². The SMILES string of the molecule is O=C1C=C(CCC/C=C\[C@@H]2C[C@H]2c2ccccc2)CCC1. The van der Waals surface area contributed by atoms with Gasteiger partial charge in [-0.1, -0.05) is 48.1 Å². The maximum Gasteiger partial charge on any atom is 0.155 e. The summed E-state index contributed by atoms with van der Waals surface area (Å²) in [6.45, 7) is 0. The van der Waals surface area contributed by atoms with Gasteiger partial charge in [-0.05, 0) is 62.0 Å². The summed E-state index contributed by atoms with van der Waals surface area (Å²) in [5, 5.41) is 0. The minimum atomic E-state index is 0.329. The molecule has 0 amide bonds. The Balaban J connectivity index is 1.36. The molecule has 1 aromatic rings. The first-order valence-electron chi connectivity index (χ1n) is 8.27. The summed E-state index contributed by atoms with van der Waals surface area (Å²) < 4.78 is 0. The molecule has 1 aromatic carbocycles. The molecule has 21 heavy (non-hydrogen) atoms. The zero-order chi connectivity index (χ0) is 14.5. The van der Waals surface area contributed by atoms with Gasteiger partial charge in [0.1, 0.15) is 0 Å². The van der Waals surface area contributed by atoms with Crippen molar-refractivity contribution in [1.82, 2.24) is 0 Å². The molecule has 0 heterocycles. The largest absolute Gasteiger partial charge is 0.295 e. The fourth-order valence-corrected chi connectivity index (χ4v) is 3.29. The Morgan fingerprint density at radius 3 is 2.81 bits per heavy atom. The normalized spacial score (nSPS) is 25.1. The van der Waals surface area contributed by atoms with E-state index in [4.69, 9.17) is 0 Å². The first-order valence-corrected chi connectivity index (χ1v) is 8.27. The van der Waals surface area contributed by atoms with Crippen LogP contribution < -0.4 is 0 Å². The zero-order valence-corrected chi connectivity index (χ0v) is 12.6. The van der Waals surface area contributed by atoms with Crippen LogP contribution in [0.15, 0.2) is 54.1 Å². The standard InChI is InChI=1S/C20H24O/c21-19-13-7-9-16(14-19)8-3-1-6-12-18-15-20(18)17-10-4-2-5-11-17/h2,4-6,10-12,14,18,20H,1,3,7-9,13,15H2/b12-6-/t18-,20+/m1/s1. The Labute approximate surface area is 127 Å². The van der Waals surface area contributed by atoms with Gasteiger partial charge in [-0.25, -0.2) is 0 Å². The third-order valence-electron chi connectivity index (χ3n) is 4.61. The minimum absolute atomic E-state index is 0.329. The molecule has 1 heteroatoms. The van der Waals surface area contributed by atoms with Gasteiger partial charge < -0.3 is 0 Å². The molecule has 1 fully saturated rings. The Morgan fingerprint density at radius 2 is 2.00 bits per heavy atom. The van der Waals surface area contributed by atoms with Crippen molar-refractivity contribution in [3.05, 3.63) is 59.7 Å².